The summed E-state index contributed by atoms with van der Waals surface area (Å²) in [5.74, 6) is 0.0241. The van der Waals surface area contributed by atoms with E-state index in [0.29, 0.717) is 5.82 Å². The van der Waals surface area contributed by atoms with Crippen LogP contribution in [0.25, 0.3) is 11.0 Å². The lowest BCUT2D eigenvalue weighted by Gasteiger charge is -2.07. The van der Waals surface area contributed by atoms with E-state index in [4.69, 9.17) is 5.73 Å². The number of carbonyl (C=O) groups excluding carboxylic acids is 1. The van der Waals surface area contributed by atoms with E-state index in [1.807, 2.05) is 0 Å². The molecule has 0 saturated heterocycles. The maximum Gasteiger partial charge on any atom is 0.389 e. The van der Waals surface area contributed by atoms with Gasteiger partial charge >= 0.3 is 6.18 Å². The van der Waals surface area contributed by atoms with Crippen LogP contribution in [0.5, 0.6) is 0 Å². The smallest absolute Gasteiger partial charge is 0.352 e. The van der Waals surface area contributed by atoms with E-state index < -0.39 is 24.9 Å². The van der Waals surface area contributed by atoms with E-state index in [2.05, 4.69) is 15.3 Å². The van der Waals surface area contributed by atoms with Gasteiger partial charge < -0.3 is 16.0 Å². The Hall–Kier alpha value is -2.09. The molecule has 0 aliphatic carbocycles. The lowest BCUT2D eigenvalue weighted by molar-refractivity contribution is -0.144. The molecule has 0 spiro atoms. The highest BCUT2D eigenvalue weighted by atomic mass is 19.4. The first-order valence-electron chi connectivity index (χ1n) is 6.38. The Morgan fingerprint density at radius 2 is 2.14 bits per heavy atom. The van der Waals surface area contributed by atoms with Crippen LogP contribution in [0.15, 0.2) is 18.2 Å². The number of nitrogens with two attached hydrogens (primary N) is 1. The monoisotopic (exact) mass is 300 g/mol. The topological polar surface area (TPSA) is 83.8 Å². The van der Waals surface area contributed by atoms with Crippen LogP contribution in [-0.4, -0.2) is 22.1 Å². The Kier molecular flexibility index (Phi) is 4.46. The fourth-order valence-corrected chi connectivity index (χ4v) is 1.86. The molecule has 21 heavy (non-hydrogen) atoms. The van der Waals surface area contributed by atoms with Crippen LogP contribution in [0, 0.1) is 0 Å². The van der Waals surface area contributed by atoms with Crippen molar-refractivity contribution >= 4 is 16.9 Å². The molecule has 0 saturated carbocycles. The lowest BCUT2D eigenvalue weighted by Crippen LogP contribution is -2.24. The first-order valence-corrected chi connectivity index (χ1v) is 6.38. The van der Waals surface area contributed by atoms with Gasteiger partial charge in [0.2, 0.25) is 5.91 Å². The minimum absolute atomic E-state index is 0.170. The van der Waals surface area contributed by atoms with Crippen molar-refractivity contribution in [3.63, 3.8) is 0 Å². The highest BCUT2D eigenvalue weighted by Crippen LogP contribution is 2.21. The number of nitrogens with zero attached hydrogens (tertiary/aromatic N) is 1. The molecule has 0 aliphatic rings. The van der Waals surface area contributed by atoms with Crippen molar-refractivity contribution in [3.8, 4) is 0 Å². The molecule has 1 heterocycles. The second kappa shape index (κ2) is 6.13. The number of rotatable bonds is 5. The number of imidazole rings is 1. The average Bonchev–Trinajstić information content (AvgIpc) is 2.84. The van der Waals surface area contributed by atoms with Gasteiger partial charge in [0, 0.05) is 13.0 Å². The normalized spacial score (nSPS) is 11.8. The number of fused-ring (bicyclic) bond motifs is 1. The van der Waals surface area contributed by atoms with Gasteiger partial charge in [0.1, 0.15) is 5.82 Å². The Bertz CT molecular complexity index is 636. The Morgan fingerprint density at radius 3 is 2.81 bits per heavy atom. The molecule has 5 nitrogen and oxygen atoms in total. The van der Waals surface area contributed by atoms with Gasteiger partial charge in [0.15, 0.2) is 0 Å². The van der Waals surface area contributed by atoms with E-state index in [1.165, 1.54) is 0 Å². The summed E-state index contributed by atoms with van der Waals surface area (Å²) < 4.78 is 36.0. The zero-order valence-electron chi connectivity index (χ0n) is 11.1. The van der Waals surface area contributed by atoms with Crippen LogP contribution >= 0.6 is 0 Å². The number of carbonyl (C=O) groups is 1. The summed E-state index contributed by atoms with van der Waals surface area (Å²) in [5, 5.41) is 2.46. The number of benzene rings is 1. The zero-order valence-corrected chi connectivity index (χ0v) is 11.1. The maximum absolute atomic E-state index is 12.0. The van der Waals surface area contributed by atoms with E-state index in [1.54, 1.807) is 18.2 Å². The summed E-state index contributed by atoms with van der Waals surface area (Å²) in [6.07, 6.45) is -5.99. The molecule has 0 radical (unpaired) electrons. The van der Waals surface area contributed by atoms with Gasteiger partial charge in [-0.3, -0.25) is 4.79 Å². The highest BCUT2D eigenvalue weighted by Gasteiger charge is 2.27. The van der Waals surface area contributed by atoms with Crippen LogP contribution in [0.2, 0.25) is 0 Å². The molecule has 0 bridgehead atoms. The molecular formula is C13H15F3N4O. The van der Waals surface area contributed by atoms with Crippen LogP contribution in [0.4, 0.5) is 13.2 Å². The van der Waals surface area contributed by atoms with E-state index in [-0.39, 0.29) is 13.1 Å². The summed E-state index contributed by atoms with van der Waals surface area (Å²) >= 11 is 0. The third kappa shape index (κ3) is 4.45. The van der Waals surface area contributed by atoms with Gasteiger partial charge in [-0.15, -0.1) is 0 Å². The molecule has 1 aromatic heterocycles. The van der Waals surface area contributed by atoms with Gasteiger partial charge in [-0.2, -0.15) is 13.2 Å². The van der Waals surface area contributed by atoms with Crippen molar-refractivity contribution in [3.05, 3.63) is 29.6 Å². The summed E-state index contributed by atoms with van der Waals surface area (Å²) in [4.78, 5) is 18.6. The van der Waals surface area contributed by atoms with Gasteiger partial charge in [-0.25, -0.2) is 4.98 Å². The number of hydrogen-bond donors (Lipinski definition) is 3. The number of H-pyrrole nitrogens is 1. The molecule has 8 heteroatoms. The summed E-state index contributed by atoms with van der Waals surface area (Å²) in [7, 11) is 0. The average molecular weight is 300 g/mol. The van der Waals surface area contributed by atoms with Crippen LogP contribution in [0.3, 0.4) is 0 Å². The summed E-state index contributed by atoms with van der Waals surface area (Å²) in [6.45, 7) is 0.460. The predicted molar refractivity (Wildman–Crippen MR) is 71.1 cm³/mol. The van der Waals surface area contributed by atoms with Crippen LogP contribution in [0.1, 0.15) is 24.2 Å². The zero-order chi connectivity index (χ0) is 15.5. The van der Waals surface area contributed by atoms with Crippen molar-refractivity contribution < 1.29 is 18.0 Å². The number of amides is 1. The molecular weight excluding hydrogens is 285 g/mol. The first kappa shape index (κ1) is 15.3. The van der Waals surface area contributed by atoms with Gasteiger partial charge in [-0.1, -0.05) is 6.07 Å². The molecule has 2 rings (SSSR count). The highest BCUT2D eigenvalue weighted by molar-refractivity contribution is 5.77. The largest absolute Gasteiger partial charge is 0.389 e. The van der Waals surface area contributed by atoms with Crippen LogP contribution in [-0.2, 0) is 17.9 Å². The van der Waals surface area contributed by atoms with Crippen LogP contribution < -0.4 is 11.1 Å². The predicted octanol–water partition coefficient (Wildman–Crippen LogP) is 1.98. The SMILES string of the molecule is NCc1nc2ccc(CNC(=O)CCC(F)(F)F)cc2[nH]1. The summed E-state index contributed by atoms with van der Waals surface area (Å²) in [5.41, 5.74) is 7.78. The Balaban J connectivity index is 1.92. The number of aromatic nitrogens is 2. The Labute approximate surface area is 118 Å². The minimum Gasteiger partial charge on any atom is -0.352 e. The minimum atomic E-state index is -4.31. The number of halogens is 3. The molecule has 4 N–H and O–H groups in total. The van der Waals surface area contributed by atoms with Crippen molar-refractivity contribution in [2.45, 2.75) is 32.1 Å². The van der Waals surface area contributed by atoms with Crippen molar-refractivity contribution in [1.29, 1.82) is 0 Å². The summed E-state index contributed by atoms with van der Waals surface area (Å²) in [6, 6.07) is 5.31. The first-order chi connectivity index (χ1) is 9.87. The Morgan fingerprint density at radius 1 is 1.38 bits per heavy atom. The van der Waals surface area contributed by atoms with Gasteiger partial charge in [-0.05, 0) is 17.7 Å². The van der Waals surface area contributed by atoms with Gasteiger partial charge in [0.05, 0.1) is 24.0 Å². The molecule has 0 fully saturated rings. The number of alkyl halides is 3. The van der Waals surface area contributed by atoms with Crippen molar-refractivity contribution in [1.82, 2.24) is 15.3 Å². The third-order valence-electron chi connectivity index (χ3n) is 2.91. The van der Waals surface area contributed by atoms with Gasteiger partial charge in [0.25, 0.3) is 0 Å². The molecule has 0 atom stereocenters. The second-order valence-electron chi connectivity index (χ2n) is 4.63. The fourth-order valence-electron chi connectivity index (χ4n) is 1.86. The molecule has 114 valence electrons. The molecule has 2 aromatic rings. The maximum atomic E-state index is 12.0. The number of hydrogen-bond acceptors (Lipinski definition) is 3. The van der Waals surface area contributed by atoms with E-state index in [9.17, 15) is 18.0 Å². The standard InChI is InChI=1S/C13H15F3N4O/c14-13(15,16)4-3-12(21)18-7-8-1-2-9-10(5-8)20-11(6-17)19-9/h1-2,5H,3-4,6-7,17H2,(H,18,21)(H,19,20). The van der Waals surface area contributed by atoms with E-state index >= 15 is 0 Å². The van der Waals surface area contributed by atoms with Crippen molar-refractivity contribution in [2.24, 2.45) is 5.73 Å². The number of aromatic amines is 1. The van der Waals surface area contributed by atoms with Crippen molar-refractivity contribution in [2.75, 3.05) is 0 Å². The fraction of sp³-hybridized carbons (Fsp3) is 0.385. The van der Waals surface area contributed by atoms with E-state index in [0.717, 1.165) is 16.6 Å². The molecule has 0 unspecified atom stereocenters. The molecule has 0 aliphatic heterocycles. The number of nitrogens with one attached hydrogen (secondary N) is 2. The molecule has 1 aromatic carbocycles. The molecule has 1 amide bonds. The quantitative estimate of drug-likeness (QED) is 0.789. The second-order valence-corrected chi connectivity index (χ2v) is 4.63. The lowest BCUT2D eigenvalue weighted by atomic mass is 10.2. The third-order valence-corrected chi connectivity index (χ3v) is 2.91.